The summed E-state index contributed by atoms with van der Waals surface area (Å²) in [5, 5.41) is 0. The number of rotatable bonds is 35. The smallest absolute Gasteiger partial charge is 0.144 e. The minimum Gasteiger partial charge on any atom is -0.317 e. The summed E-state index contributed by atoms with van der Waals surface area (Å²) < 4.78 is 2.20. The Labute approximate surface area is 297 Å². The van der Waals surface area contributed by atoms with Crippen LogP contribution < -0.4 is 0 Å². The molecule has 0 aromatic carbocycles. The third-order valence-electron chi connectivity index (χ3n) is 10.3. The molecule has 0 saturated carbocycles. The van der Waals surface area contributed by atoms with Crippen LogP contribution in [0.3, 0.4) is 0 Å². The fourth-order valence-electron chi connectivity index (χ4n) is 6.68. The number of hydrogen-bond donors (Lipinski definition) is 0. The van der Waals surface area contributed by atoms with Crippen molar-refractivity contribution < 1.29 is 8.97 Å². The minimum absolute atomic E-state index is 0.547. The first-order chi connectivity index (χ1) is 21.2. The van der Waals surface area contributed by atoms with Crippen molar-refractivity contribution in [2.75, 3.05) is 41.3 Å². The van der Waals surface area contributed by atoms with E-state index < -0.39 is 0 Å². The first kappa shape index (κ1) is 44.9. The summed E-state index contributed by atoms with van der Waals surface area (Å²) >= 11 is 8.20. The van der Waals surface area contributed by atoms with Crippen LogP contribution in [-0.4, -0.2) is 60.1 Å². The highest BCUT2D eigenvalue weighted by atomic mass is 79.9. The van der Waals surface area contributed by atoms with Crippen molar-refractivity contribution >= 4 is 31.9 Å². The van der Waals surface area contributed by atoms with Gasteiger partial charge in [-0.1, -0.05) is 168 Å². The maximum absolute atomic E-state index is 4.10. The molecular weight excluding hydrogens is 668 g/mol. The summed E-state index contributed by atoms with van der Waals surface area (Å²) in [4.78, 5) is 1.09. The molecule has 2 unspecified atom stereocenters. The second-order valence-electron chi connectivity index (χ2n) is 15.6. The Morgan fingerprint density at radius 3 is 0.705 bits per heavy atom. The Bertz CT molecular complexity index is 530. The van der Waals surface area contributed by atoms with Crippen molar-refractivity contribution in [2.24, 2.45) is 0 Å². The highest BCUT2D eigenvalue weighted by Crippen LogP contribution is 2.27. The van der Waals surface area contributed by atoms with Gasteiger partial charge in [-0.2, -0.15) is 0 Å². The fraction of sp³-hybridized carbons (Fsp3) is 1.00. The van der Waals surface area contributed by atoms with E-state index >= 15 is 0 Å². The number of quaternary nitrogens is 2. The van der Waals surface area contributed by atoms with Crippen molar-refractivity contribution in [1.29, 1.82) is 0 Å². The fourth-order valence-corrected chi connectivity index (χ4v) is 7.62. The van der Waals surface area contributed by atoms with Gasteiger partial charge in [0.2, 0.25) is 0 Å². The minimum atomic E-state index is 0.547. The molecule has 2 nitrogen and oxygen atoms in total. The predicted molar refractivity (Wildman–Crippen MR) is 209 cm³/mol. The zero-order chi connectivity index (χ0) is 32.8. The summed E-state index contributed by atoms with van der Waals surface area (Å²) in [6.07, 6.45) is 42.8. The molecule has 0 amide bonds. The van der Waals surface area contributed by atoms with E-state index in [1.165, 1.54) is 206 Å². The zero-order valence-electron chi connectivity index (χ0n) is 31.4. The molecule has 0 aliphatic heterocycles. The molecular formula is C40H84Br2N2+2. The van der Waals surface area contributed by atoms with Gasteiger partial charge in [0.15, 0.2) is 0 Å². The van der Waals surface area contributed by atoms with Crippen LogP contribution in [0.1, 0.15) is 206 Å². The van der Waals surface area contributed by atoms with Crippen LogP contribution in [-0.2, 0) is 0 Å². The number of nitrogens with zero attached hydrogens (tertiary/aromatic N) is 2. The summed E-state index contributed by atoms with van der Waals surface area (Å²) in [6, 6.07) is 0. The van der Waals surface area contributed by atoms with Crippen molar-refractivity contribution in [3.8, 4) is 0 Å². The van der Waals surface area contributed by atoms with E-state index in [1.54, 1.807) is 0 Å². The molecule has 266 valence electrons. The largest absolute Gasteiger partial charge is 0.317 e. The van der Waals surface area contributed by atoms with Crippen molar-refractivity contribution in [3.63, 3.8) is 0 Å². The van der Waals surface area contributed by atoms with Gasteiger partial charge in [-0.3, -0.25) is 0 Å². The Kier molecular flexibility index (Phi) is 31.8. The topological polar surface area (TPSA) is 0 Å². The molecule has 0 fully saturated rings. The lowest BCUT2D eigenvalue weighted by atomic mass is 10.0. The van der Waals surface area contributed by atoms with Crippen molar-refractivity contribution in [3.05, 3.63) is 0 Å². The summed E-state index contributed by atoms with van der Waals surface area (Å²) in [7, 11) is 9.72. The quantitative estimate of drug-likeness (QED) is 0.0262. The Morgan fingerprint density at radius 1 is 0.318 bits per heavy atom. The number of hydrogen-bond acceptors (Lipinski definition) is 0. The number of alkyl halides is 2. The number of unbranched alkanes of at least 4 members (excludes halogenated alkanes) is 26. The summed E-state index contributed by atoms with van der Waals surface area (Å²) in [5.74, 6) is 0. The van der Waals surface area contributed by atoms with E-state index in [0.717, 1.165) is 8.97 Å². The zero-order valence-corrected chi connectivity index (χ0v) is 34.6. The SMILES string of the molecule is CCCCCCCCCCCCCCCC[N+](C)(C)C(Br)CCC(Br)[N+](C)(C)CCCCCCCCCCCCCCCC. The Morgan fingerprint density at radius 2 is 0.500 bits per heavy atom. The van der Waals surface area contributed by atoms with E-state index in [0.29, 0.717) is 9.90 Å². The molecule has 0 heterocycles. The molecule has 4 heteroatoms. The standard InChI is InChI=1S/C40H84Br2N2/c1-7-9-11-13-15-17-19-21-23-25-27-29-31-33-37-43(3,4)39(41)35-36-40(42)44(5,6)38-34-32-30-28-26-24-22-20-18-16-14-12-10-8-2/h39-40H,7-38H2,1-6H3/q+2. The first-order valence-corrected chi connectivity index (χ1v) is 21.9. The van der Waals surface area contributed by atoms with Gasteiger partial charge in [0.05, 0.1) is 41.3 Å². The molecule has 0 spiro atoms. The summed E-state index contributed by atoms with van der Waals surface area (Å²) in [5.41, 5.74) is 0. The maximum atomic E-state index is 4.10. The molecule has 0 N–H and O–H groups in total. The average molecular weight is 753 g/mol. The molecule has 0 rings (SSSR count). The van der Waals surface area contributed by atoms with Crippen LogP contribution >= 0.6 is 31.9 Å². The molecule has 0 radical (unpaired) electrons. The molecule has 0 saturated heterocycles. The van der Waals surface area contributed by atoms with Gasteiger partial charge in [-0.25, -0.2) is 0 Å². The van der Waals surface area contributed by atoms with E-state index in [2.05, 4.69) is 73.9 Å². The van der Waals surface area contributed by atoms with Crippen LogP contribution in [0.5, 0.6) is 0 Å². The van der Waals surface area contributed by atoms with E-state index in [4.69, 9.17) is 0 Å². The molecule has 0 bridgehead atoms. The average Bonchev–Trinajstić information content (AvgIpc) is 2.99. The van der Waals surface area contributed by atoms with Gasteiger partial charge in [-0.05, 0) is 57.5 Å². The van der Waals surface area contributed by atoms with Gasteiger partial charge >= 0.3 is 0 Å². The highest BCUT2D eigenvalue weighted by molar-refractivity contribution is 9.09. The molecule has 0 aromatic heterocycles. The third kappa shape index (κ3) is 27.9. The van der Waals surface area contributed by atoms with E-state index in [1.807, 2.05) is 0 Å². The Hall–Kier alpha value is 0.880. The van der Waals surface area contributed by atoms with Crippen molar-refractivity contribution in [1.82, 2.24) is 0 Å². The lowest BCUT2D eigenvalue weighted by Gasteiger charge is -2.38. The van der Waals surface area contributed by atoms with Gasteiger partial charge in [0.25, 0.3) is 0 Å². The van der Waals surface area contributed by atoms with Gasteiger partial charge in [0.1, 0.15) is 9.90 Å². The van der Waals surface area contributed by atoms with Crippen LogP contribution in [0.25, 0.3) is 0 Å². The van der Waals surface area contributed by atoms with Crippen LogP contribution in [0, 0.1) is 0 Å². The Balaban J connectivity index is 3.77. The van der Waals surface area contributed by atoms with Gasteiger partial charge in [0, 0.05) is 12.8 Å². The maximum Gasteiger partial charge on any atom is 0.144 e. The van der Waals surface area contributed by atoms with Crippen LogP contribution in [0.15, 0.2) is 0 Å². The highest BCUT2D eigenvalue weighted by Gasteiger charge is 2.30. The lowest BCUT2D eigenvalue weighted by molar-refractivity contribution is -0.906. The molecule has 44 heavy (non-hydrogen) atoms. The molecule has 0 aliphatic carbocycles. The van der Waals surface area contributed by atoms with Gasteiger partial charge in [-0.15, -0.1) is 0 Å². The third-order valence-corrected chi connectivity index (χ3v) is 13.5. The molecule has 2 atom stereocenters. The van der Waals surface area contributed by atoms with Crippen molar-refractivity contribution in [2.45, 2.75) is 216 Å². The first-order valence-electron chi connectivity index (χ1n) is 20.1. The van der Waals surface area contributed by atoms with Gasteiger partial charge < -0.3 is 8.97 Å². The normalized spacial score (nSPS) is 13.9. The van der Waals surface area contributed by atoms with E-state index in [-0.39, 0.29) is 0 Å². The monoisotopic (exact) mass is 750 g/mol. The lowest BCUT2D eigenvalue weighted by Crippen LogP contribution is -2.49. The summed E-state index contributed by atoms with van der Waals surface area (Å²) in [6.45, 7) is 7.19. The van der Waals surface area contributed by atoms with Crippen LogP contribution in [0.4, 0.5) is 0 Å². The second-order valence-corrected chi connectivity index (χ2v) is 17.8. The second kappa shape index (κ2) is 31.2. The van der Waals surface area contributed by atoms with Crippen LogP contribution in [0.2, 0.25) is 0 Å². The molecule has 0 aliphatic rings. The predicted octanol–water partition coefficient (Wildman–Crippen LogP) is 14.3. The molecule has 0 aromatic rings. The number of halogens is 2. The van der Waals surface area contributed by atoms with E-state index in [9.17, 15) is 0 Å².